The summed E-state index contributed by atoms with van der Waals surface area (Å²) in [6.45, 7) is 1.35. The van der Waals surface area contributed by atoms with Crippen LogP contribution in [0, 0.1) is 0 Å². The molecule has 0 rings (SSSR count). The molecule has 0 aliphatic heterocycles. The minimum atomic E-state index is -0.224. The number of amides is 1. The topological polar surface area (TPSA) is 67.2 Å². The maximum Gasteiger partial charge on any atom is 0.235 e. The number of rotatable bonds is 0. The molecule has 0 spiro atoms. The molecule has 0 radical (unpaired) electrons. The van der Waals surface area contributed by atoms with Gasteiger partial charge in [-0.25, -0.2) is 0 Å². The van der Waals surface area contributed by atoms with Gasteiger partial charge in [-0.05, 0) is 12.2 Å². The van der Waals surface area contributed by atoms with E-state index in [0.717, 1.165) is 0 Å². The minimum Gasteiger partial charge on any atom is -0.375 e. The molecule has 0 fully saturated rings. The maximum atomic E-state index is 10.1. The van der Waals surface area contributed by atoms with Gasteiger partial charge in [0.1, 0.15) is 0 Å². The highest BCUT2D eigenvalue weighted by molar-refractivity contribution is 7.80. The maximum absolute atomic E-state index is 10.1. The molecule has 0 atom stereocenters. The lowest BCUT2D eigenvalue weighted by Crippen LogP contribution is -2.43. The first-order chi connectivity index (χ1) is 3.63. The fourth-order valence-corrected chi connectivity index (χ4v) is 0.201. The molecule has 6 heteroatoms. The van der Waals surface area contributed by atoms with Crippen molar-refractivity contribution in [1.29, 1.82) is 0 Å². The van der Waals surface area contributed by atoms with Gasteiger partial charge in [0.05, 0.1) is 0 Å². The Hall–Kier alpha value is -0.550. The second-order valence-corrected chi connectivity index (χ2v) is 1.61. The Morgan fingerprint density at radius 1 is 1.56 bits per heavy atom. The SMILES string of the molecule is CC(=O)NNC(N)=S.Cl. The normalized spacial score (nSPS) is 6.78. The van der Waals surface area contributed by atoms with Gasteiger partial charge in [-0.15, -0.1) is 12.4 Å². The summed E-state index contributed by atoms with van der Waals surface area (Å²) in [4.78, 5) is 10.1. The van der Waals surface area contributed by atoms with Crippen molar-refractivity contribution in [3.05, 3.63) is 0 Å². The van der Waals surface area contributed by atoms with Crippen molar-refractivity contribution in [2.45, 2.75) is 6.92 Å². The van der Waals surface area contributed by atoms with Gasteiger partial charge in [-0.2, -0.15) is 0 Å². The van der Waals surface area contributed by atoms with Crippen LogP contribution in [0.2, 0.25) is 0 Å². The highest BCUT2D eigenvalue weighted by Crippen LogP contribution is 1.53. The van der Waals surface area contributed by atoms with Crippen molar-refractivity contribution < 1.29 is 4.79 Å². The van der Waals surface area contributed by atoms with Crippen LogP contribution in [0.1, 0.15) is 6.92 Å². The van der Waals surface area contributed by atoms with E-state index in [1.807, 2.05) is 0 Å². The van der Waals surface area contributed by atoms with Crippen molar-refractivity contribution in [2.24, 2.45) is 5.73 Å². The van der Waals surface area contributed by atoms with E-state index in [0.29, 0.717) is 0 Å². The van der Waals surface area contributed by atoms with E-state index in [1.165, 1.54) is 6.92 Å². The van der Waals surface area contributed by atoms with E-state index in [-0.39, 0.29) is 23.4 Å². The number of nitrogens with one attached hydrogen (secondary N) is 2. The third-order valence-corrected chi connectivity index (χ3v) is 0.464. The molecule has 4 nitrogen and oxygen atoms in total. The van der Waals surface area contributed by atoms with E-state index >= 15 is 0 Å². The number of carbonyl (C=O) groups excluding carboxylic acids is 1. The van der Waals surface area contributed by atoms with E-state index in [1.54, 1.807) is 0 Å². The van der Waals surface area contributed by atoms with E-state index in [4.69, 9.17) is 5.73 Å². The van der Waals surface area contributed by atoms with Crippen molar-refractivity contribution in [2.75, 3.05) is 0 Å². The Balaban J connectivity index is 0. The lowest BCUT2D eigenvalue weighted by atomic mass is 10.8. The fourth-order valence-electron chi connectivity index (χ4n) is 0.150. The summed E-state index contributed by atoms with van der Waals surface area (Å²) in [6, 6.07) is 0. The van der Waals surface area contributed by atoms with Gasteiger partial charge in [0.15, 0.2) is 5.11 Å². The number of halogens is 1. The number of carbonyl (C=O) groups is 1. The molecule has 4 N–H and O–H groups in total. The molecule has 0 saturated carbocycles. The second kappa shape index (κ2) is 5.58. The van der Waals surface area contributed by atoms with Gasteiger partial charge in [-0.1, -0.05) is 0 Å². The van der Waals surface area contributed by atoms with Crippen LogP contribution in [0.15, 0.2) is 0 Å². The Morgan fingerprint density at radius 3 is 2.11 bits per heavy atom. The molecule has 0 aromatic carbocycles. The third kappa shape index (κ3) is 11.2. The Kier molecular flexibility index (Phi) is 6.99. The molecule has 0 aromatic heterocycles. The number of hydrogen-bond acceptors (Lipinski definition) is 2. The van der Waals surface area contributed by atoms with Crippen molar-refractivity contribution in [3.8, 4) is 0 Å². The smallest absolute Gasteiger partial charge is 0.235 e. The lowest BCUT2D eigenvalue weighted by molar-refractivity contribution is -0.119. The van der Waals surface area contributed by atoms with Gasteiger partial charge >= 0.3 is 0 Å². The molecule has 9 heavy (non-hydrogen) atoms. The molecule has 0 saturated heterocycles. The average molecular weight is 170 g/mol. The van der Waals surface area contributed by atoms with E-state index < -0.39 is 0 Å². The molecular formula is C3H8ClN3OS. The standard InChI is InChI=1S/C3H7N3OS.ClH/c1-2(7)5-6-3(4)8;/h1H3,(H,5,7)(H3,4,6,8);1H. The van der Waals surface area contributed by atoms with Crippen LogP contribution in [-0.2, 0) is 4.79 Å². The summed E-state index contributed by atoms with van der Waals surface area (Å²) < 4.78 is 0. The molecule has 1 amide bonds. The van der Waals surface area contributed by atoms with Gasteiger partial charge < -0.3 is 5.73 Å². The van der Waals surface area contributed by atoms with E-state index in [9.17, 15) is 4.79 Å². The zero-order valence-electron chi connectivity index (χ0n) is 4.80. The first-order valence-corrected chi connectivity index (χ1v) is 2.36. The Morgan fingerprint density at radius 2 is 2.00 bits per heavy atom. The van der Waals surface area contributed by atoms with Crippen LogP contribution in [-0.4, -0.2) is 11.0 Å². The number of hydrazine groups is 1. The summed E-state index contributed by atoms with van der Waals surface area (Å²) >= 11 is 4.37. The van der Waals surface area contributed by atoms with Crippen LogP contribution >= 0.6 is 24.6 Å². The predicted octanol–water partition coefficient (Wildman–Crippen LogP) is -0.707. The van der Waals surface area contributed by atoms with Gasteiger partial charge in [0.25, 0.3) is 0 Å². The Bertz CT molecular complexity index is 104. The van der Waals surface area contributed by atoms with Crippen LogP contribution in [0.5, 0.6) is 0 Å². The zero-order chi connectivity index (χ0) is 6.57. The quantitative estimate of drug-likeness (QED) is 0.331. The summed E-state index contributed by atoms with van der Waals surface area (Å²) in [5.74, 6) is -0.224. The highest BCUT2D eigenvalue weighted by Gasteiger charge is 1.86. The minimum absolute atomic E-state index is 0. The van der Waals surface area contributed by atoms with Crippen LogP contribution < -0.4 is 16.6 Å². The number of nitrogens with two attached hydrogens (primary N) is 1. The lowest BCUT2D eigenvalue weighted by Gasteiger charge is -2.00. The van der Waals surface area contributed by atoms with E-state index in [2.05, 4.69) is 23.1 Å². The largest absolute Gasteiger partial charge is 0.375 e. The molecule has 0 unspecified atom stereocenters. The molecule has 0 heterocycles. The summed E-state index contributed by atoms with van der Waals surface area (Å²) in [6.07, 6.45) is 0. The molecule has 0 aromatic rings. The third-order valence-electron chi connectivity index (χ3n) is 0.362. The summed E-state index contributed by atoms with van der Waals surface area (Å²) in [5, 5.41) is 0.0557. The van der Waals surface area contributed by atoms with Crippen LogP contribution in [0.4, 0.5) is 0 Å². The van der Waals surface area contributed by atoms with Crippen LogP contribution in [0.3, 0.4) is 0 Å². The Labute approximate surface area is 64.6 Å². The molecule has 54 valence electrons. The first kappa shape index (κ1) is 11.3. The van der Waals surface area contributed by atoms with Gasteiger partial charge in [0, 0.05) is 6.92 Å². The molecule has 0 aliphatic rings. The fraction of sp³-hybridized carbons (Fsp3) is 0.333. The van der Waals surface area contributed by atoms with Crippen molar-refractivity contribution in [3.63, 3.8) is 0 Å². The summed E-state index contributed by atoms with van der Waals surface area (Å²) in [5.41, 5.74) is 9.39. The van der Waals surface area contributed by atoms with Crippen LogP contribution in [0.25, 0.3) is 0 Å². The van der Waals surface area contributed by atoms with Gasteiger partial charge in [0.2, 0.25) is 5.91 Å². The molecular weight excluding hydrogens is 162 g/mol. The number of hydrogen-bond donors (Lipinski definition) is 3. The highest BCUT2D eigenvalue weighted by atomic mass is 35.5. The van der Waals surface area contributed by atoms with Crippen molar-refractivity contribution >= 4 is 35.6 Å². The molecule has 0 bridgehead atoms. The first-order valence-electron chi connectivity index (χ1n) is 1.95. The second-order valence-electron chi connectivity index (χ2n) is 1.17. The zero-order valence-corrected chi connectivity index (χ0v) is 6.44. The van der Waals surface area contributed by atoms with Gasteiger partial charge in [-0.3, -0.25) is 15.6 Å². The summed E-state index contributed by atoms with van der Waals surface area (Å²) in [7, 11) is 0. The van der Waals surface area contributed by atoms with Crippen molar-refractivity contribution in [1.82, 2.24) is 10.9 Å². The average Bonchev–Trinajstić information content (AvgIpc) is 1.61. The number of thiocarbonyl (C=S) groups is 1. The monoisotopic (exact) mass is 169 g/mol. The molecule has 0 aliphatic carbocycles. The predicted molar refractivity (Wildman–Crippen MR) is 41.0 cm³/mol.